The highest BCUT2D eigenvalue weighted by Gasteiger charge is 2.69. The molecule has 6 atom stereocenters. The summed E-state index contributed by atoms with van der Waals surface area (Å²) in [6.45, 7) is 12.0. The Morgan fingerprint density at radius 2 is 1.63 bits per heavy atom. The SMILES string of the molecule is C[C@H](C(=O)N1C[C@H]2[C@@H]([C@H]1C(=O)NC(CC1CCC1)C(=O)C(=O)NCC(=O)N[C@H](C(=O)N(C)C)c1ccccc1)C2(C)C)C(C)(C)C. The Morgan fingerprint density at radius 1 is 1.00 bits per heavy atom. The van der Waals surface area contributed by atoms with Gasteiger partial charge in [0.2, 0.25) is 29.4 Å². The first-order valence-electron chi connectivity index (χ1n) is 16.4. The highest BCUT2D eigenvalue weighted by molar-refractivity contribution is 6.38. The number of ketones is 1. The van der Waals surface area contributed by atoms with Gasteiger partial charge in [-0.2, -0.15) is 0 Å². The molecule has 3 fully saturated rings. The van der Waals surface area contributed by atoms with Crippen LogP contribution in [-0.2, 0) is 28.8 Å². The predicted octanol–water partition coefficient (Wildman–Crippen LogP) is 2.46. The standard InChI is InChI=1S/C35H51N5O6/c1-20(34(2,3)4)32(45)40-19-23-26(35(23,5)6)28(40)30(43)37-24(17-21-13-12-14-21)29(42)31(44)36-18-25(41)38-27(33(46)39(7)8)22-15-10-9-11-16-22/h9-11,15-16,20-21,23-24,26-28H,12-14,17-19H2,1-8H3,(H,36,44)(H,37,43)(H,38,41)/t20-,23+,24?,26+,27+,28+/m1/s1. The summed E-state index contributed by atoms with van der Waals surface area (Å²) in [5, 5.41) is 7.90. The number of amides is 5. The number of carbonyl (C=O) groups excluding carboxylic acids is 6. The maximum atomic E-state index is 13.9. The van der Waals surface area contributed by atoms with Crippen molar-refractivity contribution in [1.82, 2.24) is 25.8 Å². The summed E-state index contributed by atoms with van der Waals surface area (Å²) < 4.78 is 0. The smallest absolute Gasteiger partial charge is 0.290 e. The number of likely N-dealkylation sites (N-methyl/N-ethyl adjacent to an activating group) is 1. The second kappa shape index (κ2) is 13.5. The van der Waals surface area contributed by atoms with E-state index in [0.29, 0.717) is 18.5 Å². The second-order valence-corrected chi connectivity index (χ2v) is 15.3. The van der Waals surface area contributed by atoms with Crippen LogP contribution < -0.4 is 16.0 Å². The third-order valence-electron chi connectivity index (χ3n) is 10.6. The van der Waals surface area contributed by atoms with E-state index in [9.17, 15) is 28.8 Å². The Balaban J connectivity index is 1.43. The summed E-state index contributed by atoms with van der Waals surface area (Å²) in [5.41, 5.74) is 0.194. The van der Waals surface area contributed by atoms with E-state index >= 15 is 0 Å². The zero-order valence-corrected chi connectivity index (χ0v) is 28.5. The molecule has 11 nitrogen and oxygen atoms in total. The molecule has 0 spiro atoms. The van der Waals surface area contributed by atoms with Crippen molar-refractivity contribution in [2.75, 3.05) is 27.2 Å². The molecule has 0 aromatic heterocycles. The maximum absolute atomic E-state index is 13.9. The van der Waals surface area contributed by atoms with Crippen LogP contribution in [0.3, 0.4) is 0 Å². The minimum Gasteiger partial charge on any atom is -0.347 e. The van der Waals surface area contributed by atoms with E-state index in [1.165, 1.54) is 4.90 Å². The number of hydrogen-bond donors (Lipinski definition) is 3. The molecule has 1 aliphatic heterocycles. The molecule has 0 bridgehead atoms. The number of fused-ring (bicyclic) bond motifs is 1. The number of nitrogens with zero attached hydrogens (tertiary/aromatic N) is 2. The number of benzene rings is 1. The molecule has 1 heterocycles. The lowest BCUT2D eigenvalue weighted by atomic mass is 9.80. The van der Waals surface area contributed by atoms with Crippen molar-refractivity contribution in [3.05, 3.63) is 35.9 Å². The van der Waals surface area contributed by atoms with Crippen molar-refractivity contribution in [2.45, 2.75) is 85.4 Å². The third kappa shape index (κ3) is 7.44. The Bertz CT molecular complexity index is 1350. The zero-order valence-electron chi connectivity index (χ0n) is 28.5. The van der Waals surface area contributed by atoms with Crippen LogP contribution in [0.15, 0.2) is 30.3 Å². The van der Waals surface area contributed by atoms with Crippen LogP contribution in [0.5, 0.6) is 0 Å². The van der Waals surface area contributed by atoms with Crippen LogP contribution in [-0.4, -0.2) is 84.4 Å². The maximum Gasteiger partial charge on any atom is 0.290 e. The van der Waals surface area contributed by atoms with Crippen molar-refractivity contribution in [2.24, 2.45) is 34.5 Å². The van der Waals surface area contributed by atoms with Gasteiger partial charge in [-0.3, -0.25) is 28.8 Å². The van der Waals surface area contributed by atoms with Gasteiger partial charge in [0.1, 0.15) is 12.1 Å². The van der Waals surface area contributed by atoms with Gasteiger partial charge in [0.25, 0.3) is 5.91 Å². The van der Waals surface area contributed by atoms with E-state index in [1.54, 1.807) is 49.3 Å². The minimum atomic E-state index is -1.08. The molecule has 1 saturated heterocycles. The van der Waals surface area contributed by atoms with Crippen LogP contribution in [0.25, 0.3) is 0 Å². The molecule has 3 N–H and O–H groups in total. The molecule has 0 radical (unpaired) electrons. The zero-order chi connectivity index (χ0) is 34.1. The molecular formula is C35H51N5O6. The van der Waals surface area contributed by atoms with Gasteiger partial charge in [-0.05, 0) is 40.6 Å². The molecule has 11 heteroatoms. The molecule has 4 rings (SSSR count). The number of rotatable bonds is 12. The third-order valence-corrected chi connectivity index (χ3v) is 10.6. The van der Waals surface area contributed by atoms with Gasteiger partial charge in [-0.15, -0.1) is 0 Å². The molecular weight excluding hydrogens is 586 g/mol. The summed E-state index contributed by atoms with van der Waals surface area (Å²) in [6.07, 6.45) is 3.14. The average molecular weight is 638 g/mol. The van der Waals surface area contributed by atoms with Gasteiger partial charge in [-0.25, -0.2) is 0 Å². The Hall–Kier alpha value is -3.76. The quantitative estimate of drug-likeness (QED) is 0.301. The van der Waals surface area contributed by atoms with Crippen LogP contribution >= 0.6 is 0 Å². The number of likely N-dealkylation sites (tertiary alicyclic amines) is 1. The second-order valence-electron chi connectivity index (χ2n) is 15.3. The van der Waals surface area contributed by atoms with Crippen molar-refractivity contribution in [1.29, 1.82) is 0 Å². The molecule has 1 unspecified atom stereocenters. The summed E-state index contributed by atoms with van der Waals surface area (Å²) >= 11 is 0. The molecule has 2 saturated carbocycles. The highest BCUT2D eigenvalue weighted by Crippen LogP contribution is 2.65. The predicted molar refractivity (Wildman–Crippen MR) is 173 cm³/mol. The number of Topliss-reactive ketones (excluding diaryl/α,β-unsaturated/α-hetero) is 1. The van der Waals surface area contributed by atoms with Gasteiger partial charge in [0.05, 0.1) is 12.6 Å². The first-order chi connectivity index (χ1) is 21.4. The van der Waals surface area contributed by atoms with E-state index in [-0.39, 0.29) is 46.3 Å². The summed E-state index contributed by atoms with van der Waals surface area (Å²) in [4.78, 5) is 82.8. The van der Waals surface area contributed by atoms with Crippen LogP contribution in [0.1, 0.15) is 78.8 Å². The average Bonchev–Trinajstić information content (AvgIpc) is 3.28. The Morgan fingerprint density at radius 3 is 2.17 bits per heavy atom. The van der Waals surface area contributed by atoms with Gasteiger partial charge < -0.3 is 25.8 Å². The van der Waals surface area contributed by atoms with Gasteiger partial charge >= 0.3 is 0 Å². The first kappa shape index (κ1) is 35.1. The summed E-state index contributed by atoms with van der Waals surface area (Å²) in [6, 6.07) is 5.99. The van der Waals surface area contributed by atoms with Crippen LogP contribution in [0, 0.1) is 34.5 Å². The van der Waals surface area contributed by atoms with Crippen LogP contribution in [0.4, 0.5) is 0 Å². The topological polar surface area (TPSA) is 145 Å². The molecule has 46 heavy (non-hydrogen) atoms. The summed E-state index contributed by atoms with van der Waals surface area (Å²) in [5.74, 6) is -3.23. The largest absolute Gasteiger partial charge is 0.347 e. The number of piperidine rings is 1. The number of hydrogen-bond acceptors (Lipinski definition) is 6. The summed E-state index contributed by atoms with van der Waals surface area (Å²) in [7, 11) is 3.16. The monoisotopic (exact) mass is 637 g/mol. The van der Waals surface area contributed by atoms with Crippen molar-refractivity contribution >= 4 is 35.3 Å². The van der Waals surface area contributed by atoms with Crippen molar-refractivity contribution in [3.63, 3.8) is 0 Å². The first-order valence-corrected chi connectivity index (χ1v) is 16.4. The fraction of sp³-hybridized carbons (Fsp3) is 0.657. The van der Waals surface area contributed by atoms with Crippen molar-refractivity contribution < 1.29 is 28.8 Å². The van der Waals surface area contributed by atoms with E-state index in [0.717, 1.165) is 19.3 Å². The highest BCUT2D eigenvalue weighted by atomic mass is 16.2. The fourth-order valence-corrected chi connectivity index (χ4v) is 6.79. The normalized spacial score (nSPS) is 23.6. The lowest BCUT2D eigenvalue weighted by Gasteiger charge is -2.36. The Labute approximate surface area is 272 Å². The molecule has 1 aromatic carbocycles. The molecule has 2 aliphatic carbocycles. The fourth-order valence-electron chi connectivity index (χ4n) is 6.79. The lowest BCUT2D eigenvalue weighted by molar-refractivity contribution is -0.147. The number of nitrogens with one attached hydrogen (secondary N) is 3. The van der Waals surface area contributed by atoms with E-state index in [2.05, 4.69) is 29.8 Å². The minimum absolute atomic E-state index is 0.0250. The van der Waals surface area contributed by atoms with Gasteiger partial charge in [0.15, 0.2) is 0 Å². The number of carbonyl (C=O) groups is 6. The van der Waals surface area contributed by atoms with Gasteiger partial charge in [0, 0.05) is 26.6 Å². The Kier molecular flexibility index (Phi) is 10.3. The van der Waals surface area contributed by atoms with Crippen LogP contribution in [0.2, 0.25) is 0 Å². The molecule has 1 aromatic rings. The van der Waals surface area contributed by atoms with E-state index in [4.69, 9.17) is 0 Å². The molecule has 5 amide bonds. The van der Waals surface area contributed by atoms with E-state index < -0.39 is 48.2 Å². The lowest BCUT2D eigenvalue weighted by Crippen LogP contribution is -2.57. The van der Waals surface area contributed by atoms with E-state index in [1.807, 2.05) is 27.7 Å². The van der Waals surface area contributed by atoms with Gasteiger partial charge in [-0.1, -0.05) is 91.1 Å². The van der Waals surface area contributed by atoms with Crippen molar-refractivity contribution in [3.8, 4) is 0 Å². The molecule has 252 valence electrons. The molecule has 3 aliphatic rings.